The van der Waals surface area contributed by atoms with E-state index >= 15 is 0 Å². The molecule has 1 aromatic rings. The maximum absolute atomic E-state index is 10.7. The summed E-state index contributed by atoms with van der Waals surface area (Å²) < 4.78 is 5.50. The number of halogens is 1. The van der Waals surface area contributed by atoms with E-state index in [4.69, 9.17) is 21.4 Å². The normalized spacial score (nSPS) is 22.7. The molecule has 6 heteroatoms. The first-order chi connectivity index (χ1) is 7.45. The van der Waals surface area contributed by atoms with Crippen molar-refractivity contribution in [3.05, 3.63) is 32.8 Å². The predicted octanol–water partition coefficient (Wildman–Crippen LogP) is 1.93. The number of rotatable bonds is 2. The van der Waals surface area contributed by atoms with Crippen LogP contribution >= 0.6 is 11.6 Å². The van der Waals surface area contributed by atoms with E-state index in [0.29, 0.717) is 17.7 Å². The fourth-order valence-electron chi connectivity index (χ4n) is 1.75. The van der Waals surface area contributed by atoms with Gasteiger partial charge in [0.25, 0.3) is 5.69 Å². The summed E-state index contributed by atoms with van der Waals surface area (Å²) in [6, 6.07) is 2.83. The summed E-state index contributed by atoms with van der Waals surface area (Å²) >= 11 is 5.76. The number of hydrogen-bond donors (Lipinski definition) is 1. The van der Waals surface area contributed by atoms with Crippen molar-refractivity contribution in [1.82, 2.24) is 0 Å². The number of fused-ring (bicyclic) bond motifs is 1. The Kier molecular flexibility index (Phi) is 2.52. The molecule has 0 saturated carbocycles. The number of aliphatic hydroxyl groups is 1. The molecule has 1 atom stereocenters. The number of nitro groups is 1. The largest absolute Gasteiger partial charge is 0.484 e. The summed E-state index contributed by atoms with van der Waals surface area (Å²) in [5.41, 5.74) is -0.139. The minimum absolute atomic E-state index is 0.0472. The molecule has 0 amide bonds. The van der Waals surface area contributed by atoms with E-state index in [-0.39, 0.29) is 17.3 Å². The third kappa shape index (κ3) is 1.72. The number of nitrogens with zero attached hydrogens (tertiary/aromatic N) is 1. The van der Waals surface area contributed by atoms with Gasteiger partial charge >= 0.3 is 0 Å². The summed E-state index contributed by atoms with van der Waals surface area (Å²) in [5, 5.41) is 19.9. The Morgan fingerprint density at radius 3 is 2.94 bits per heavy atom. The van der Waals surface area contributed by atoms with Gasteiger partial charge in [-0.2, -0.15) is 0 Å². The first kappa shape index (κ1) is 11.2. The first-order valence-electron chi connectivity index (χ1n) is 4.72. The van der Waals surface area contributed by atoms with Crippen molar-refractivity contribution in [1.29, 1.82) is 0 Å². The summed E-state index contributed by atoms with van der Waals surface area (Å²) in [7, 11) is 0. The van der Waals surface area contributed by atoms with E-state index in [2.05, 4.69) is 0 Å². The van der Waals surface area contributed by atoms with Crippen LogP contribution in [0.5, 0.6) is 5.75 Å². The zero-order valence-electron chi connectivity index (χ0n) is 8.57. The fourth-order valence-corrected chi connectivity index (χ4v) is 1.98. The molecule has 0 radical (unpaired) electrons. The van der Waals surface area contributed by atoms with Gasteiger partial charge in [-0.05, 0) is 6.92 Å². The average Bonchev–Trinajstić information content (AvgIpc) is 2.53. The lowest BCUT2D eigenvalue weighted by Crippen LogP contribution is -2.34. The lowest BCUT2D eigenvalue weighted by molar-refractivity contribution is -0.384. The number of aliphatic hydroxyl groups excluding tert-OH is 1. The molecule has 0 saturated heterocycles. The molecule has 2 rings (SSSR count). The second-order valence-electron chi connectivity index (χ2n) is 4.06. The zero-order chi connectivity index (χ0) is 11.9. The topological polar surface area (TPSA) is 72.6 Å². The van der Waals surface area contributed by atoms with Gasteiger partial charge in [0.15, 0.2) is 0 Å². The quantitative estimate of drug-likeness (QED) is 0.636. The first-order valence-corrected chi connectivity index (χ1v) is 5.10. The van der Waals surface area contributed by atoms with E-state index in [1.54, 1.807) is 6.92 Å². The van der Waals surface area contributed by atoms with Crippen LogP contribution in [0, 0.1) is 10.1 Å². The van der Waals surface area contributed by atoms with Crippen LogP contribution in [0.4, 0.5) is 5.69 Å². The highest BCUT2D eigenvalue weighted by molar-refractivity contribution is 6.32. The fraction of sp³-hybridized carbons (Fsp3) is 0.400. The van der Waals surface area contributed by atoms with Crippen LogP contribution in [0.2, 0.25) is 5.02 Å². The minimum Gasteiger partial charge on any atom is -0.484 e. The molecule has 0 fully saturated rings. The van der Waals surface area contributed by atoms with Gasteiger partial charge in [-0.1, -0.05) is 11.6 Å². The Labute approximate surface area is 96.7 Å². The Hall–Kier alpha value is -1.33. The predicted molar refractivity (Wildman–Crippen MR) is 57.9 cm³/mol. The van der Waals surface area contributed by atoms with Crippen molar-refractivity contribution in [2.75, 3.05) is 6.61 Å². The van der Waals surface area contributed by atoms with Gasteiger partial charge < -0.3 is 9.84 Å². The van der Waals surface area contributed by atoms with Gasteiger partial charge in [0.05, 0.1) is 11.5 Å². The van der Waals surface area contributed by atoms with Crippen molar-refractivity contribution in [2.45, 2.75) is 18.9 Å². The second-order valence-corrected chi connectivity index (χ2v) is 4.46. The van der Waals surface area contributed by atoms with Crippen LogP contribution in [0.25, 0.3) is 0 Å². The molecule has 0 spiro atoms. The van der Waals surface area contributed by atoms with Gasteiger partial charge in [0, 0.05) is 24.1 Å². The summed E-state index contributed by atoms with van der Waals surface area (Å²) in [4.78, 5) is 10.2. The molecule has 1 N–H and O–H groups in total. The number of nitro benzene ring substituents is 1. The van der Waals surface area contributed by atoms with Crippen molar-refractivity contribution >= 4 is 17.3 Å². The van der Waals surface area contributed by atoms with E-state index in [9.17, 15) is 10.1 Å². The van der Waals surface area contributed by atoms with Gasteiger partial charge in [0.2, 0.25) is 0 Å². The zero-order valence-corrected chi connectivity index (χ0v) is 9.32. The van der Waals surface area contributed by atoms with E-state index in [1.165, 1.54) is 12.1 Å². The molecule has 0 aliphatic carbocycles. The molecule has 16 heavy (non-hydrogen) atoms. The molecule has 1 aliphatic heterocycles. The minimum atomic E-state index is -0.707. The van der Waals surface area contributed by atoms with E-state index < -0.39 is 10.5 Å². The average molecular weight is 244 g/mol. The van der Waals surface area contributed by atoms with Gasteiger partial charge in [-0.15, -0.1) is 0 Å². The lowest BCUT2D eigenvalue weighted by atomic mass is 10.0. The Morgan fingerprint density at radius 1 is 1.69 bits per heavy atom. The van der Waals surface area contributed by atoms with Crippen LogP contribution in [-0.4, -0.2) is 22.2 Å². The van der Waals surface area contributed by atoms with Crippen LogP contribution in [0.1, 0.15) is 12.5 Å². The third-order valence-electron chi connectivity index (χ3n) is 2.58. The summed E-state index contributed by atoms with van der Waals surface area (Å²) in [5.74, 6) is 0.507. The molecule has 1 heterocycles. The molecule has 86 valence electrons. The van der Waals surface area contributed by atoms with Crippen molar-refractivity contribution in [2.24, 2.45) is 0 Å². The third-order valence-corrected chi connectivity index (χ3v) is 2.88. The molecule has 5 nitrogen and oxygen atoms in total. The summed E-state index contributed by atoms with van der Waals surface area (Å²) in [6.07, 6.45) is 0.441. The van der Waals surface area contributed by atoms with Crippen LogP contribution in [0.15, 0.2) is 12.1 Å². The van der Waals surface area contributed by atoms with Crippen molar-refractivity contribution in [3.8, 4) is 5.75 Å². The monoisotopic (exact) mass is 243 g/mol. The highest BCUT2D eigenvalue weighted by atomic mass is 35.5. The van der Waals surface area contributed by atoms with Crippen LogP contribution < -0.4 is 4.74 Å². The van der Waals surface area contributed by atoms with Crippen LogP contribution in [0.3, 0.4) is 0 Å². The molecular weight excluding hydrogens is 234 g/mol. The van der Waals surface area contributed by atoms with E-state index in [0.717, 1.165) is 0 Å². The molecule has 1 aromatic carbocycles. The van der Waals surface area contributed by atoms with Crippen LogP contribution in [-0.2, 0) is 6.42 Å². The van der Waals surface area contributed by atoms with E-state index in [1.807, 2.05) is 0 Å². The maximum atomic E-state index is 10.7. The SMILES string of the molecule is CC1(CO)Cc2cc([N+](=O)[O-])c(Cl)cc2O1. The number of hydrogen-bond acceptors (Lipinski definition) is 4. The molecule has 1 unspecified atom stereocenters. The molecule has 0 bridgehead atoms. The Bertz CT molecular complexity index is 462. The number of ether oxygens (including phenoxy) is 1. The van der Waals surface area contributed by atoms with Crippen molar-refractivity contribution in [3.63, 3.8) is 0 Å². The molecular formula is C10H10ClNO4. The lowest BCUT2D eigenvalue weighted by Gasteiger charge is -2.20. The second kappa shape index (κ2) is 3.61. The van der Waals surface area contributed by atoms with Gasteiger partial charge in [-0.3, -0.25) is 10.1 Å². The maximum Gasteiger partial charge on any atom is 0.288 e. The highest BCUT2D eigenvalue weighted by Gasteiger charge is 2.36. The number of benzene rings is 1. The standard InChI is InChI=1S/C10H10ClNO4/c1-10(5-13)4-6-2-8(12(14)15)7(11)3-9(6)16-10/h2-3,13H,4-5H2,1H3. The Morgan fingerprint density at radius 2 is 2.38 bits per heavy atom. The van der Waals surface area contributed by atoms with Gasteiger partial charge in [-0.25, -0.2) is 0 Å². The highest BCUT2D eigenvalue weighted by Crippen LogP contribution is 2.40. The van der Waals surface area contributed by atoms with Crippen molar-refractivity contribution < 1.29 is 14.8 Å². The Balaban J connectivity index is 2.45. The molecule has 1 aliphatic rings. The smallest absolute Gasteiger partial charge is 0.288 e. The van der Waals surface area contributed by atoms with Gasteiger partial charge in [0.1, 0.15) is 16.4 Å². The summed E-state index contributed by atoms with van der Waals surface area (Å²) in [6.45, 7) is 1.60. The molecule has 0 aromatic heterocycles.